The van der Waals surface area contributed by atoms with Crippen LogP contribution in [0.2, 0.25) is 0 Å². The van der Waals surface area contributed by atoms with Gasteiger partial charge in [0.1, 0.15) is 11.1 Å². The summed E-state index contributed by atoms with van der Waals surface area (Å²) in [6, 6.07) is 0. The second-order valence-electron chi connectivity index (χ2n) is 5.70. The minimum absolute atomic E-state index is 0.565. The van der Waals surface area contributed by atoms with Gasteiger partial charge in [-0.3, -0.25) is 19.4 Å². The van der Waals surface area contributed by atoms with Gasteiger partial charge in [-0.1, -0.05) is 0 Å². The van der Waals surface area contributed by atoms with Crippen LogP contribution in [0.5, 0.6) is 0 Å². The molecule has 6 heteroatoms. The normalized spacial score (nSPS) is 19.8. The maximum atomic E-state index is 11.2. The van der Waals surface area contributed by atoms with Crippen molar-refractivity contribution in [2.24, 2.45) is 0 Å². The Balaban J connectivity index is 2.67. The molecular formula is C12H22N2O4. The van der Waals surface area contributed by atoms with Gasteiger partial charge in [-0.2, -0.15) is 0 Å². The molecule has 0 radical (unpaired) electrons. The predicted molar refractivity (Wildman–Crippen MR) is 66.6 cm³/mol. The van der Waals surface area contributed by atoms with Crippen LogP contribution in [0, 0.1) is 0 Å². The first-order valence-corrected chi connectivity index (χ1v) is 6.07. The summed E-state index contributed by atoms with van der Waals surface area (Å²) in [5.41, 5.74) is -1.81. The Morgan fingerprint density at radius 1 is 0.778 bits per heavy atom. The van der Waals surface area contributed by atoms with Gasteiger partial charge >= 0.3 is 11.9 Å². The van der Waals surface area contributed by atoms with E-state index in [4.69, 9.17) is 10.2 Å². The van der Waals surface area contributed by atoms with Crippen molar-refractivity contribution in [1.29, 1.82) is 0 Å². The molecule has 18 heavy (non-hydrogen) atoms. The van der Waals surface area contributed by atoms with Crippen molar-refractivity contribution >= 4 is 11.9 Å². The van der Waals surface area contributed by atoms with E-state index in [0.29, 0.717) is 26.2 Å². The van der Waals surface area contributed by atoms with E-state index in [1.54, 1.807) is 27.7 Å². The van der Waals surface area contributed by atoms with Gasteiger partial charge in [0.15, 0.2) is 0 Å². The quantitative estimate of drug-likeness (QED) is 0.756. The highest BCUT2D eigenvalue weighted by molar-refractivity contribution is 5.78. The summed E-state index contributed by atoms with van der Waals surface area (Å²) in [6.07, 6.45) is 0. The molecule has 0 aliphatic carbocycles. The molecule has 104 valence electrons. The molecule has 0 unspecified atom stereocenters. The van der Waals surface area contributed by atoms with E-state index in [-0.39, 0.29) is 0 Å². The van der Waals surface area contributed by atoms with Crippen molar-refractivity contribution in [3.05, 3.63) is 0 Å². The van der Waals surface area contributed by atoms with Crippen LogP contribution < -0.4 is 0 Å². The highest BCUT2D eigenvalue weighted by atomic mass is 16.4. The van der Waals surface area contributed by atoms with E-state index in [1.165, 1.54) is 0 Å². The Morgan fingerprint density at radius 3 is 1.17 bits per heavy atom. The van der Waals surface area contributed by atoms with Crippen molar-refractivity contribution in [3.63, 3.8) is 0 Å². The molecule has 0 saturated carbocycles. The molecule has 6 nitrogen and oxygen atoms in total. The molecule has 1 aliphatic rings. The van der Waals surface area contributed by atoms with Crippen LogP contribution in [-0.4, -0.2) is 69.2 Å². The molecule has 1 aliphatic heterocycles. The van der Waals surface area contributed by atoms with Crippen LogP contribution in [0.15, 0.2) is 0 Å². The van der Waals surface area contributed by atoms with Crippen molar-refractivity contribution in [2.45, 2.75) is 38.8 Å². The molecule has 1 heterocycles. The lowest BCUT2D eigenvalue weighted by Gasteiger charge is -2.45. The second-order valence-corrected chi connectivity index (χ2v) is 5.70. The molecule has 1 rings (SSSR count). The second kappa shape index (κ2) is 4.85. The average molecular weight is 258 g/mol. The summed E-state index contributed by atoms with van der Waals surface area (Å²) in [5.74, 6) is -1.71. The maximum absolute atomic E-state index is 11.2. The lowest BCUT2D eigenvalue weighted by Crippen LogP contribution is -2.62. The first kappa shape index (κ1) is 14.9. The van der Waals surface area contributed by atoms with Crippen LogP contribution in [0.4, 0.5) is 0 Å². The van der Waals surface area contributed by atoms with Gasteiger partial charge in [-0.15, -0.1) is 0 Å². The summed E-state index contributed by atoms with van der Waals surface area (Å²) >= 11 is 0. The van der Waals surface area contributed by atoms with Gasteiger partial charge in [0.05, 0.1) is 0 Å². The Morgan fingerprint density at radius 2 is 1.00 bits per heavy atom. The van der Waals surface area contributed by atoms with Crippen molar-refractivity contribution < 1.29 is 19.8 Å². The number of hydrogen-bond acceptors (Lipinski definition) is 4. The van der Waals surface area contributed by atoms with Gasteiger partial charge < -0.3 is 10.2 Å². The van der Waals surface area contributed by atoms with Gasteiger partial charge in [0, 0.05) is 26.2 Å². The first-order chi connectivity index (χ1) is 8.10. The Hall–Kier alpha value is -1.14. The fourth-order valence-electron chi connectivity index (χ4n) is 2.10. The van der Waals surface area contributed by atoms with E-state index in [9.17, 15) is 9.59 Å². The largest absolute Gasteiger partial charge is 0.480 e. The Kier molecular flexibility index (Phi) is 4.02. The maximum Gasteiger partial charge on any atom is 0.323 e. The van der Waals surface area contributed by atoms with Gasteiger partial charge in [0.25, 0.3) is 0 Å². The molecule has 0 atom stereocenters. The smallest absolute Gasteiger partial charge is 0.323 e. The number of nitrogens with zero attached hydrogens (tertiary/aromatic N) is 2. The lowest BCUT2D eigenvalue weighted by molar-refractivity contribution is -0.156. The average Bonchev–Trinajstić information content (AvgIpc) is 2.28. The van der Waals surface area contributed by atoms with Crippen LogP contribution >= 0.6 is 0 Å². The summed E-state index contributed by atoms with van der Waals surface area (Å²) in [7, 11) is 0. The van der Waals surface area contributed by atoms with Crippen LogP contribution in [0.3, 0.4) is 0 Å². The number of hydrogen-bond donors (Lipinski definition) is 2. The highest BCUT2D eigenvalue weighted by Gasteiger charge is 2.41. The summed E-state index contributed by atoms with van der Waals surface area (Å²) < 4.78 is 0. The summed E-state index contributed by atoms with van der Waals surface area (Å²) in [6.45, 7) is 8.96. The van der Waals surface area contributed by atoms with Crippen LogP contribution in [0.25, 0.3) is 0 Å². The Labute approximate surface area is 107 Å². The summed E-state index contributed by atoms with van der Waals surface area (Å²) in [5, 5.41) is 18.3. The molecule has 0 bridgehead atoms. The van der Waals surface area contributed by atoms with E-state index >= 15 is 0 Å². The molecule has 0 aromatic rings. The van der Waals surface area contributed by atoms with E-state index in [0.717, 1.165) is 0 Å². The standard InChI is InChI=1S/C12H22N2O4/c1-11(2,9(15)16)13-5-7-14(8-6-13)12(3,4)10(17)18/h5-8H2,1-4H3,(H,15,16)(H,17,18). The van der Waals surface area contributed by atoms with E-state index in [2.05, 4.69) is 0 Å². The minimum Gasteiger partial charge on any atom is -0.480 e. The van der Waals surface area contributed by atoms with Gasteiger partial charge in [-0.25, -0.2) is 0 Å². The zero-order valence-corrected chi connectivity index (χ0v) is 11.4. The molecule has 0 spiro atoms. The van der Waals surface area contributed by atoms with Gasteiger partial charge in [-0.05, 0) is 27.7 Å². The molecular weight excluding hydrogens is 236 g/mol. The molecule has 0 aromatic carbocycles. The summed E-state index contributed by atoms with van der Waals surface area (Å²) in [4.78, 5) is 26.1. The number of carboxylic acids is 2. The van der Waals surface area contributed by atoms with Crippen molar-refractivity contribution in [1.82, 2.24) is 9.80 Å². The monoisotopic (exact) mass is 258 g/mol. The predicted octanol–water partition coefficient (Wildman–Crippen LogP) is 0.330. The van der Waals surface area contributed by atoms with E-state index in [1.807, 2.05) is 9.80 Å². The number of aliphatic carboxylic acids is 2. The topological polar surface area (TPSA) is 81.1 Å². The third-order valence-corrected chi connectivity index (χ3v) is 3.91. The van der Waals surface area contributed by atoms with Crippen molar-refractivity contribution in [2.75, 3.05) is 26.2 Å². The third-order valence-electron chi connectivity index (χ3n) is 3.91. The highest BCUT2D eigenvalue weighted by Crippen LogP contribution is 2.22. The number of carboxylic acid groups (broad SMARTS) is 2. The number of carbonyl (C=O) groups is 2. The van der Waals surface area contributed by atoms with Crippen LogP contribution in [0.1, 0.15) is 27.7 Å². The Bertz CT molecular complexity index is 310. The molecule has 2 N–H and O–H groups in total. The van der Waals surface area contributed by atoms with E-state index < -0.39 is 23.0 Å². The number of rotatable bonds is 4. The molecule has 0 aromatic heterocycles. The zero-order valence-electron chi connectivity index (χ0n) is 11.4. The number of piperazine rings is 1. The minimum atomic E-state index is -0.903. The first-order valence-electron chi connectivity index (χ1n) is 6.07. The third kappa shape index (κ3) is 2.64. The van der Waals surface area contributed by atoms with Crippen molar-refractivity contribution in [3.8, 4) is 0 Å². The molecule has 1 fully saturated rings. The lowest BCUT2D eigenvalue weighted by atomic mass is 9.98. The fraction of sp³-hybridized carbons (Fsp3) is 0.833. The molecule has 0 amide bonds. The SMILES string of the molecule is CC(C)(C(=O)O)N1CCN(C(C)(C)C(=O)O)CC1. The van der Waals surface area contributed by atoms with Gasteiger partial charge in [0.2, 0.25) is 0 Å². The zero-order chi connectivity index (χ0) is 14.1. The van der Waals surface area contributed by atoms with Crippen LogP contribution in [-0.2, 0) is 9.59 Å². The fourth-order valence-corrected chi connectivity index (χ4v) is 2.10. The molecule has 1 saturated heterocycles.